The minimum Gasteiger partial charge on any atom is -0.341 e. The smallest absolute Gasteiger partial charge is 0.263 e. The Bertz CT molecular complexity index is 1020. The van der Waals surface area contributed by atoms with Crippen molar-refractivity contribution in [1.82, 2.24) is 9.62 Å². The maximum atomic E-state index is 13.8. The number of fused-ring (bicyclic) bond motifs is 1. The molecule has 1 heterocycles. The Kier molecular flexibility index (Phi) is 5.61. The number of nitrogens with zero attached hydrogens (tertiary/aromatic N) is 2. The number of sulfonamides is 1. The highest BCUT2D eigenvalue weighted by molar-refractivity contribution is 9.10. The lowest BCUT2D eigenvalue weighted by Gasteiger charge is -2.17. The summed E-state index contributed by atoms with van der Waals surface area (Å²) in [6, 6.07) is 11.1. The number of hydrogen-bond donors (Lipinski definition) is 1. The fraction of sp³-hybridized carbons (Fsp3) is 0.222. The molecule has 0 saturated heterocycles. The highest BCUT2D eigenvalue weighted by Gasteiger charge is 2.30. The molecule has 2 aromatic carbocycles. The van der Waals surface area contributed by atoms with Crippen molar-refractivity contribution in [2.24, 2.45) is 4.99 Å². The summed E-state index contributed by atoms with van der Waals surface area (Å²) in [5.74, 6) is -0.359. The van der Waals surface area contributed by atoms with Gasteiger partial charge >= 0.3 is 0 Å². The molecular weight excluding hydrogens is 437 g/mol. The number of benzene rings is 2. The average molecular weight is 454 g/mol. The van der Waals surface area contributed by atoms with Crippen LogP contribution in [0.5, 0.6) is 0 Å². The van der Waals surface area contributed by atoms with E-state index in [4.69, 9.17) is 0 Å². The van der Waals surface area contributed by atoms with Crippen LogP contribution in [0.1, 0.15) is 17.5 Å². The minimum atomic E-state index is -3.59. The summed E-state index contributed by atoms with van der Waals surface area (Å²) in [5.41, 5.74) is 0.901. The van der Waals surface area contributed by atoms with E-state index in [1.54, 1.807) is 37.4 Å². The third-order valence-corrected chi connectivity index (χ3v) is 5.99. The van der Waals surface area contributed by atoms with Gasteiger partial charge in [-0.05, 0) is 30.3 Å². The molecule has 0 saturated carbocycles. The monoisotopic (exact) mass is 453 g/mol. The lowest BCUT2D eigenvalue weighted by molar-refractivity contribution is -0.130. The molecule has 3 rings (SSSR count). The van der Waals surface area contributed by atoms with Crippen molar-refractivity contribution < 1.29 is 17.6 Å². The maximum absolute atomic E-state index is 13.8. The van der Waals surface area contributed by atoms with Crippen LogP contribution in [-0.4, -0.2) is 38.7 Å². The number of amides is 1. The SMILES string of the molecule is CN(Cc1cc(Br)ccc1F)C(=O)CCN=C1NS(=O)(=O)c2ccccc21. The van der Waals surface area contributed by atoms with Gasteiger partial charge in [-0.3, -0.25) is 14.5 Å². The fourth-order valence-corrected chi connectivity index (χ4v) is 4.37. The Balaban J connectivity index is 1.63. The van der Waals surface area contributed by atoms with Crippen molar-refractivity contribution in [1.29, 1.82) is 0 Å². The van der Waals surface area contributed by atoms with Crippen molar-refractivity contribution in [2.75, 3.05) is 13.6 Å². The zero-order valence-electron chi connectivity index (χ0n) is 14.4. The molecular formula is C18H17BrFN3O3S. The largest absolute Gasteiger partial charge is 0.341 e. The minimum absolute atomic E-state index is 0.0829. The molecule has 0 bridgehead atoms. The Morgan fingerprint density at radius 1 is 1.26 bits per heavy atom. The van der Waals surface area contributed by atoms with Crippen LogP contribution in [0.2, 0.25) is 0 Å². The van der Waals surface area contributed by atoms with Gasteiger partial charge < -0.3 is 4.90 Å². The molecule has 1 aliphatic heterocycles. The van der Waals surface area contributed by atoms with Crippen molar-refractivity contribution in [3.8, 4) is 0 Å². The highest BCUT2D eigenvalue weighted by Crippen LogP contribution is 2.22. The molecule has 9 heteroatoms. The van der Waals surface area contributed by atoms with Crippen LogP contribution in [0.25, 0.3) is 0 Å². The second kappa shape index (κ2) is 7.77. The predicted octanol–water partition coefficient (Wildman–Crippen LogP) is 2.68. The van der Waals surface area contributed by atoms with Gasteiger partial charge in [-0.1, -0.05) is 28.1 Å². The van der Waals surface area contributed by atoms with Gasteiger partial charge in [-0.25, -0.2) is 12.8 Å². The number of amidine groups is 1. The van der Waals surface area contributed by atoms with Gasteiger partial charge in [0.05, 0.1) is 11.4 Å². The highest BCUT2D eigenvalue weighted by atomic mass is 79.9. The normalized spacial score (nSPS) is 16.0. The Labute approximate surface area is 165 Å². The topological polar surface area (TPSA) is 78.8 Å². The molecule has 2 aromatic rings. The predicted molar refractivity (Wildman–Crippen MR) is 103 cm³/mol. The fourth-order valence-electron chi connectivity index (χ4n) is 2.71. The van der Waals surface area contributed by atoms with Crippen LogP contribution in [-0.2, 0) is 21.4 Å². The number of carbonyl (C=O) groups excluding carboxylic acids is 1. The number of hydrogen-bond acceptors (Lipinski definition) is 4. The van der Waals surface area contributed by atoms with E-state index in [9.17, 15) is 17.6 Å². The molecule has 0 aromatic heterocycles. The molecule has 0 fully saturated rings. The molecule has 142 valence electrons. The average Bonchev–Trinajstić information content (AvgIpc) is 2.89. The summed E-state index contributed by atoms with van der Waals surface area (Å²) in [6.45, 7) is 0.256. The van der Waals surface area contributed by atoms with Crippen LogP contribution in [0, 0.1) is 5.82 Å². The van der Waals surface area contributed by atoms with E-state index in [1.165, 1.54) is 17.0 Å². The first-order valence-electron chi connectivity index (χ1n) is 8.12. The maximum Gasteiger partial charge on any atom is 0.263 e. The molecule has 0 radical (unpaired) electrons. The molecule has 6 nitrogen and oxygen atoms in total. The second-order valence-corrected chi connectivity index (χ2v) is 8.63. The van der Waals surface area contributed by atoms with Crippen molar-refractivity contribution >= 4 is 37.7 Å². The summed E-state index contributed by atoms with van der Waals surface area (Å²) in [6.07, 6.45) is 0.0829. The molecule has 0 atom stereocenters. The van der Waals surface area contributed by atoms with Gasteiger partial charge in [0.15, 0.2) is 0 Å². The number of carbonyl (C=O) groups is 1. The standard InChI is InChI=1S/C18H17BrFN3O3S/c1-23(11-12-10-13(19)6-7-15(12)20)17(24)8-9-21-18-14-4-2-3-5-16(14)27(25,26)22-18/h2-7,10H,8-9,11H2,1H3,(H,21,22). The van der Waals surface area contributed by atoms with E-state index in [0.29, 0.717) is 11.1 Å². The van der Waals surface area contributed by atoms with Gasteiger partial charge in [-0.15, -0.1) is 0 Å². The van der Waals surface area contributed by atoms with Gasteiger partial charge in [0.2, 0.25) is 5.91 Å². The van der Waals surface area contributed by atoms with Gasteiger partial charge in [-0.2, -0.15) is 0 Å². The van der Waals surface area contributed by atoms with Crippen LogP contribution < -0.4 is 4.72 Å². The lowest BCUT2D eigenvalue weighted by Crippen LogP contribution is -2.27. The van der Waals surface area contributed by atoms with Crippen LogP contribution in [0.3, 0.4) is 0 Å². The Hall–Kier alpha value is -2.26. The second-order valence-electron chi connectivity index (χ2n) is 6.07. The van der Waals surface area contributed by atoms with Gasteiger partial charge in [0.1, 0.15) is 11.7 Å². The summed E-state index contributed by atoms with van der Waals surface area (Å²) in [5, 5.41) is 0. The first kappa shape index (κ1) is 19.5. The zero-order valence-corrected chi connectivity index (χ0v) is 16.8. The molecule has 27 heavy (non-hydrogen) atoms. The molecule has 0 aliphatic carbocycles. The van der Waals surface area contributed by atoms with E-state index in [0.717, 1.165) is 4.47 Å². The molecule has 1 N–H and O–H groups in total. The van der Waals surface area contributed by atoms with Crippen LogP contribution in [0.15, 0.2) is 56.8 Å². The molecule has 0 unspecified atom stereocenters. The van der Waals surface area contributed by atoms with Crippen molar-refractivity contribution in [3.05, 3.63) is 63.9 Å². The van der Waals surface area contributed by atoms with E-state index in [2.05, 4.69) is 25.6 Å². The third kappa shape index (κ3) is 4.36. The quantitative estimate of drug-likeness (QED) is 0.755. The van der Waals surface area contributed by atoms with Crippen molar-refractivity contribution in [3.63, 3.8) is 0 Å². The number of halogens is 2. The molecule has 0 spiro atoms. The molecule has 1 amide bonds. The zero-order chi connectivity index (χ0) is 19.6. The summed E-state index contributed by atoms with van der Waals surface area (Å²) in [4.78, 5) is 18.1. The first-order valence-corrected chi connectivity index (χ1v) is 10.4. The third-order valence-electron chi connectivity index (χ3n) is 4.10. The number of rotatable bonds is 5. The summed E-state index contributed by atoms with van der Waals surface area (Å²) in [7, 11) is -2.01. The van der Waals surface area contributed by atoms with E-state index < -0.39 is 10.0 Å². The van der Waals surface area contributed by atoms with Crippen LogP contribution in [0.4, 0.5) is 4.39 Å². The van der Waals surface area contributed by atoms with Crippen LogP contribution >= 0.6 is 15.9 Å². The van der Waals surface area contributed by atoms with E-state index in [-0.39, 0.29) is 42.0 Å². The molecule has 1 aliphatic rings. The van der Waals surface area contributed by atoms with Crippen molar-refractivity contribution in [2.45, 2.75) is 17.9 Å². The Morgan fingerprint density at radius 3 is 2.78 bits per heavy atom. The lowest BCUT2D eigenvalue weighted by atomic mass is 10.2. The summed E-state index contributed by atoms with van der Waals surface area (Å²) < 4.78 is 41.0. The summed E-state index contributed by atoms with van der Waals surface area (Å²) >= 11 is 3.28. The Morgan fingerprint density at radius 2 is 2.00 bits per heavy atom. The van der Waals surface area contributed by atoms with E-state index in [1.807, 2.05) is 0 Å². The first-order chi connectivity index (χ1) is 12.8. The van der Waals surface area contributed by atoms with E-state index >= 15 is 0 Å². The van der Waals surface area contributed by atoms with Gasteiger partial charge in [0, 0.05) is 35.6 Å². The number of aliphatic imine (C=N–C) groups is 1. The van der Waals surface area contributed by atoms with Gasteiger partial charge in [0.25, 0.3) is 10.0 Å². The number of nitrogens with one attached hydrogen (secondary N) is 1.